The third-order valence-electron chi connectivity index (χ3n) is 4.39. The maximum Gasteiger partial charge on any atom is 0.134 e. The normalized spacial score (nSPS) is 22.9. The summed E-state index contributed by atoms with van der Waals surface area (Å²) >= 11 is 6.41. The first kappa shape index (κ1) is 15.6. The molecule has 3 nitrogen and oxygen atoms in total. The Morgan fingerprint density at radius 3 is 2.64 bits per heavy atom. The van der Waals surface area contributed by atoms with E-state index >= 15 is 0 Å². The van der Waals surface area contributed by atoms with Gasteiger partial charge in [0.05, 0.1) is 12.6 Å². The molecule has 0 spiro atoms. The molecule has 2 atom stereocenters. The number of benzene rings is 1. The minimum atomic E-state index is 0.603. The Morgan fingerprint density at radius 2 is 1.95 bits per heavy atom. The van der Waals surface area contributed by atoms with Crippen LogP contribution in [-0.2, 0) is 6.54 Å². The van der Waals surface area contributed by atoms with E-state index < -0.39 is 0 Å². The van der Waals surface area contributed by atoms with Crippen molar-refractivity contribution in [2.45, 2.75) is 26.8 Å². The lowest BCUT2D eigenvalue weighted by atomic mass is 9.91. The number of hydrogen-bond acceptors (Lipinski definition) is 3. The van der Waals surface area contributed by atoms with Gasteiger partial charge >= 0.3 is 0 Å². The highest BCUT2D eigenvalue weighted by Gasteiger charge is 2.22. The van der Waals surface area contributed by atoms with E-state index in [1.165, 1.54) is 6.42 Å². The number of aromatic nitrogens is 1. The van der Waals surface area contributed by atoms with Gasteiger partial charge in [0.2, 0.25) is 0 Å². The van der Waals surface area contributed by atoms with E-state index in [9.17, 15) is 0 Å². The molecule has 0 saturated carbocycles. The van der Waals surface area contributed by atoms with Crippen LogP contribution in [0.25, 0.3) is 10.9 Å². The Labute approximate surface area is 137 Å². The van der Waals surface area contributed by atoms with Crippen molar-refractivity contribution in [2.24, 2.45) is 11.8 Å². The van der Waals surface area contributed by atoms with E-state index in [4.69, 9.17) is 16.3 Å². The minimum absolute atomic E-state index is 0.603. The van der Waals surface area contributed by atoms with Crippen LogP contribution in [0.3, 0.4) is 0 Å². The highest BCUT2D eigenvalue weighted by molar-refractivity contribution is 6.30. The Balaban J connectivity index is 1.86. The molecule has 0 amide bonds. The third-order valence-corrected chi connectivity index (χ3v) is 4.72. The van der Waals surface area contributed by atoms with Gasteiger partial charge < -0.3 is 4.74 Å². The van der Waals surface area contributed by atoms with Crippen molar-refractivity contribution in [3.05, 3.63) is 35.0 Å². The lowest BCUT2D eigenvalue weighted by molar-refractivity contribution is 0.134. The van der Waals surface area contributed by atoms with Crippen molar-refractivity contribution in [3.8, 4) is 5.75 Å². The molecule has 1 aromatic heterocycles. The van der Waals surface area contributed by atoms with Crippen LogP contribution < -0.4 is 4.74 Å². The predicted octanol–water partition coefficient (Wildman–Crippen LogP) is 4.37. The molecule has 118 valence electrons. The van der Waals surface area contributed by atoms with Crippen molar-refractivity contribution in [1.29, 1.82) is 0 Å². The molecule has 1 aliphatic heterocycles. The Bertz CT molecular complexity index is 663. The van der Waals surface area contributed by atoms with Crippen molar-refractivity contribution in [1.82, 2.24) is 9.88 Å². The number of halogens is 1. The van der Waals surface area contributed by atoms with Crippen molar-refractivity contribution >= 4 is 22.5 Å². The standard InChI is InChI=1S/C18H23ClN2O/c1-12-6-13(2)10-21(9-12)11-15-7-14-4-5-16(22-3)8-17(14)20-18(15)19/h4-5,7-8,12-13H,6,9-11H2,1-3H3/t12-,13-/m0/s1. The molecule has 2 aromatic rings. The van der Waals surface area contributed by atoms with E-state index in [-0.39, 0.29) is 0 Å². The van der Waals surface area contributed by atoms with Gasteiger partial charge in [-0.25, -0.2) is 4.98 Å². The quantitative estimate of drug-likeness (QED) is 0.786. The van der Waals surface area contributed by atoms with Crippen molar-refractivity contribution in [2.75, 3.05) is 20.2 Å². The predicted molar refractivity (Wildman–Crippen MR) is 91.5 cm³/mol. The maximum absolute atomic E-state index is 6.41. The fourth-order valence-electron chi connectivity index (χ4n) is 3.57. The molecule has 0 radical (unpaired) electrons. The Hall–Kier alpha value is -1.32. The molecule has 3 rings (SSSR count). The fraction of sp³-hybridized carbons (Fsp3) is 0.500. The Kier molecular flexibility index (Phi) is 4.55. The molecular formula is C18H23ClN2O. The summed E-state index contributed by atoms with van der Waals surface area (Å²) in [5, 5.41) is 1.71. The molecule has 1 aromatic carbocycles. The number of likely N-dealkylation sites (tertiary alicyclic amines) is 1. The lowest BCUT2D eigenvalue weighted by Gasteiger charge is -2.35. The second-order valence-electron chi connectivity index (χ2n) is 6.64. The van der Waals surface area contributed by atoms with Gasteiger partial charge in [0.25, 0.3) is 0 Å². The molecule has 1 fully saturated rings. The largest absolute Gasteiger partial charge is 0.497 e. The van der Waals surface area contributed by atoms with E-state index in [0.717, 1.165) is 53.7 Å². The maximum atomic E-state index is 6.41. The molecule has 2 heterocycles. The average molecular weight is 319 g/mol. The molecule has 0 N–H and O–H groups in total. The Morgan fingerprint density at radius 1 is 1.23 bits per heavy atom. The van der Waals surface area contributed by atoms with Crippen LogP contribution in [0.15, 0.2) is 24.3 Å². The van der Waals surface area contributed by atoms with E-state index in [0.29, 0.717) is 5.15 Å². The number of fused-ring (bicyclic) bond motifs is 1. The van der Waals surface area contributed by atoms with Gasteiger partial charge in [0.15, 0.2) is 0 Å². The number of ether oxygens (including phenoxy) is 1. The molecule has 1 aliphatic rings. The van der Waals surface area contributed by atoms with Crippen molar-refractivity contribution in [3.63, 3.8) is 0 Å². The van der Waals surface area contributed by atoms with Gasteiger partial charge in [-0.2, -0.15) is 0 Å². The second kappa shape index (κ2) is 6.43. The summed E-state index contributed by atoms with van der Waals surface area (Å²) in [6, 6.07) is 8.10. The summed E-state index contributed by atoms with van der Waals surface area (Å²) < 4.78 is 5.25. The molecule has 1 saturated heterocycles. The first-order valence-electron chi connectivity index (χ1n) is 7.90. The molecule has 0 bridgehead atoms. The van der Waals surface area contributed by atoms with Gasteiger partial charge in [0, 0.05) is 36.7 Å². The van der Waals surface area contributed by atoms with Crippen LogP contribution in [0.1, 0.15) is 25.8 Å². The average Bonchev–Trinajstić information content (AvgIpc) is 2.46. The number of pyridine rings is 1. The summed E-state index contributed by atoms with van der Waals surface area (Å²) in [5.74, 6) is 2.31. The SMILES string of the molecule is COc1ccc2cc(CN3C[C@@H](C)C[C@H](C)C3)c(Cl)nc2c1. The van der Waals surface area contributed by atoms with Gasteiger partial charge in [-0.05, 0) is 36.5 Å². The van der Waals surface area contributed by atoms with Gasteiger partial charge in [-0.15, -0.1) is 0 Å². The van der Waals surface area contributed by atoms with Gasteiger partial charge in [-0.3, -0.25) is 4.90 Å². The third kappa shape index (κ3) is 3.36. The van der Waals surface area contributed by atoms with Crippen LogP contribution in [0.2, 0.25) is 5.15 Å². The minimum Gasteiger partial charge on any atom is -0.497 e. The van der Waals surface area contributed by atoms with Crippen LogP contribution in [0.4, 0.5) is 0 Å². The first-order valence-corrected chi connectivity index (χ1v) is 8.28. The zero-order chi connectivity index (χ0) is 15.7. The fourth-order valence-corrected chi connectivity index (χ4v) is 3.77. The summed E-state index contributed by atoms with van der Waals surface area (Å²) in [6.07, 6.45) is 1.32. The molecule has 4 heteroatoms. The molecule has 0 aliphatic carbocycles. The number of methoxy groups -OCH3 is 1. The first-order chi connectivity index (χ1) is 10.5. The number of hydrogen-bond donors (Lipinski definition) is 0. The van der Waals surface area contributed by atoms with Crippen LogP contribution in [0, 0.1) is 11.8 Å². The van der Waals surface area contributed by atoms with Gasteiger partial charge in [0.1, 0.15) is 10.9 Å². The molecule has 0 unspecified atom stereocenters. The number of nitrogens with zero attached hydrogens (tertiary/aromatic N) is 2. The van der Waals surface area contributed by atoms with E-state index in [2.05, 4.69) is 29.8 Å². The van der Waals surface area contributed by atoms with Gasteiger partial charge in [-0.1, -0.05) is 25.4 Å². The van der Waals surface area contributed by atoms with Crippen LogP contribution in [-0.4, -0.2) is 30.1 Å². The highest BCUT2D eigenvalue weighted by Crippen LogP contribution is 2.27. The molecular weight excluding hydrogens is 296 g/mol. The second-order valence-corrected chi connectivity index (χ2v) is 7.00. The van der Waals surface area contributed by atoms with E-state index in [1.54, 1.807) is 7.11 Å². The number of piperidine rings is 1. The smallest absolute Gasteiger partial charge is 0.134 e. The van der Waals surface area contributed by atoms with Crippen molar-refractivity contribution < 1.29 is 4.74 Å². The summed E-state index contributed by atoms with van der Waals surface area (Å²) in [5.41, 5.74) is 1.99. The summed E-state index contributed by atoms with van der Waals surface area (Å²) in [4.78, 5) is 7.04. The summed E-state index contributed by atoms with van der Waals surface area (Å²) in [6.45, 7) is 7.81. The lowest BCUT2D eigenvalue weighted by Crippen LogP contribution is -2.38. The zero-order valence-corrected chi connectivity index (χ0v) is 14.2. The van der Waals surface area contributed by atoms with Crippen LogP contribution in [0.5, 0.6) is 5.75 Å². The number of rotatable bonds is 3. The van der Waals surface area contributed by atoms with Crippen LogP contribution >= 0.6 is 11.6 Å². The topological polar surface area (TPSA) is 25.4 Å². The monoisotopic (exact) mass is 318 g/mol. The summed E-state index contributed by atoms with van der Waals surface area (Å²) in [7, 11) is 1.66. The highest BCUT2D eigenvalue weighted by atomic mass is 35.5. The molecule has 22 heavy (non-hydrogen) atoms. The van der Waals surface area contributed by atoms with E-state index in [1.807, 2.05) is 18.2 Å². The zero-order valence-electron chi connectivity index (χ0n) is 13.5.